The quantitative estimate of drug-likeness (QED) is 0.871. The molecular weight excluding hydrogens is 250 g/mol. The van der Waals surface area contributed by atoms with Gasteiger partial charge in [-0.3, -0.25) is 0 Å². The molecule has 0 spiro atoms. The average molecular weight is 273 g/mol. The lowest BCUT2D eigenvalue weighted by molar-refractivity contribution is 0.564. The van der Waals surface area contributed by atoms with Gasteiger partial charge in [0.15, 0.2) is 0 Å². The molecule has 5 heteroatoms. The van der Waals surface area contributed by atoms with Gasteiger partial charge in [0.25, 0.3) is 0 Å². The lowest BCUT2D eigenvalue weighted by Crippen LogP contribution is -2.22. The molecule has 0 saturated heterocycles. The predicted molar refractivity (Wildman–Crippen MR) is 81.9 cm³/mol. The summed E-state index contributed by atoms with van der Waals surface area (Å²) in [5.41, 5.74) is 2.52. The van der Waals surface area contributed by atoms with Gasteiger partial charge in [0.1, 0.15) is 12.2 Å². The maximum atomic E-state index is 4.08. The van der Waals surface area contributed by atoms with Gasteiger partial charge in [-0.15, -0.1) is 10.2 Å². The highest BCUT2D eigenvalue weighted by molar-refractivity contribution is 5.46. The van der Waals surface area contributed by atoms with Crippen LogP contribution in [0.5, 0.6) is 0 Å². The summed E-state index contributed by atoms with van der Waals surface area (Å²) in [6, 6.07) is 8.98. The predicted octanol–water partition coefficient (Wildman–Crippen LogP) is 1.77. The van der Waals surface area contributed by atoms with E-state index in [1.54, 1.807) is 6.33 Å². The minimum absolute atomic E-state index is 0.333. The first kappa shape index (κ1) is 14.5. The van der Waals surface area contributed by atoms with Crippen molar-refractivity contribution in [3.05, 3.63) is 42.0 Å². The van der Waals surface area contributed by atoms with E-state index in [0.717, 1.165) is 18.8 Å². The molecule has 1 aromatic heterocycles. The number of aromatic nitrogens is 3. The van der Waals surface area contributed by atoms with Crippen molar-refractivity contribution in [1.82, 2.24) is 20.1 Å². The van der Waals surface area contributed by atoms with E-state index in [1.165, 1.54) is 11.3 Å². The SMILES string of the molecule is CC(NCCc1nncn1C)c1ccc(N(C)C)cc1. The van der Waals surface area contributed by atoms with Crippen molar-refractivity contribution >= 4 is 5.69 Å². The molecule has 0 amide bonds. The van der Waals surface area contributed by atoms with Crippen molar-refractivity contribution in [3.8, 4) is 0 Å². The molecule has 1 aromatic carbocycles. The first-order valence-electron chi connectivity index (χ1n) is 6.91. The summed E-state index contributed by atoms with van der Waals surface area (Å²) in [4.78, 5) is 2.11. The van der Waals surface area contributed by atoms with Crippen molar-refractivity contribution in [1.29, 1.82) is 0 Å². The second kappa shape index (κ2) is 6.52. The number of anilines is 1. The van der Waals surface area contributed by atoms with Gasteiger partial charge in [-0.25, -0.2) is 0 Å². The molecule has 2 aromatic rings. The molecule has 0 fully saturated rings. The number of nitrogens with one attached hydrogen (secondary N) is 1. The largest absolute Gasteiger partial charge is 0.378 e. The number of rotatable bonds is 6. The van der Waals surface area contributed by atoms with Gasteiger partial charge in [0, 0.05) is 45.8 Å². The number of nitrogens with zero attached hydrogens (tertiary/aromatic N) is 4. The highest BCUT2D eigenvalue weighted by atomic mass is 15.2. The lowest BCUT2D eigenvalue weighted by Gasteiger charge is -2.17. The molecule has 1 unspecified atom stereocenters. The van der Waals surface area contributed by atoms with Crippen LogP contribution in [0, 0.1) is 0 Å². The Balaban J connectivity index is 1.85. The van der Waals surface area contributed by atoms with Crippen LogP contribution in [-0.2, 0) is 13.5 Å². The Kier molecular flexibility index (Phi) is 4.74. The fourth-order valence-corrected chi connectivity index (χ4v) is 2.11. The first-order chi connectivity index (χ1) is 9.58. The zero-order valence-electron chi connectivity index (χ0n) is 12.7. The first-order valence-corrected chi connectivity index (χ1v) is 6.91. The second-order valence-corrected chi connectivity index (χ2v) is 5.27. The van der Waals surface area contributed by atoms with Gasteiger partial charge in [0.05, 0.1) is 0 Å². The summed E-state index contributed by atoms with van der Waals surface area (Å²) in [5.74, 6) is 1.01. The van der Waals surface area contributed by atoms with Crippen LogP contribution in [0.15, 0.2) is 30.6 Å². The molecule has 1 N–H and O–H groups in total. The number of benzene rings is 1. The number of hydrogen-bond donors (Lipinski definition) is 1. The standard InChI is InChI=1S/C15H23N5/c1-12(13-5-7-14(8-6-13)19(2)3)16-10-9-15-18-17-11-20(15)4/h5-8,11-12,16H,9-10H2,1-4H3. The van der Waals surface area contributed by atoms with Crippen molar-refractivity contribution in [2.75, 3.05) is 25.5 Å². The Labute approximate surface area is 120 Å². The van der Waals surface area contributed by atoms with Crippen molar-refractivity contribution in [2.45, 2.75) is 19.4 Å². The Hall–Kier alpha value is -1.88. The summed E-state index contributed by atoms with van der Waals surface area (Å²) in [6.45, 7) is 3.07. The van der Waals surface area contributed by atoms with Crippen molar-refractivity contribution in [3.63, 3.8) is 0 Å². The van der Waals surface area contributed by atoms with Gasteiger partial charge in [0.2, 0.25) is 0 Å². The Morgan fingerprint density at radius 1 is 1.25 bits per heavy atom. The third-order valence-electron chi connectivity index (χ3n) is 3.51. The van der Waals surface area contributed by atoms with Crippen LogP contribution in [0.1, 0.15) is 24.4 Å². The van der Waals surface area contributed by atoms with E-state index in [1.807, 2.05) is 11.6 Å². The number of aryl methyl sites for hydroxylation is 1. The molecule has 0 radical (unpaired) electrons. The maximum Gasteiger partial charge on any atom is 0.133 e. The van der Waals surface area contributed by atoms with Gasteiger partial charge in [-0.2, -0.15) is 0 Å². The zero-order valence-corrected chi connectivity index (χ0v) is 12.7. The van der Waals surface area contributed by atoms with Crippen molar-refractivity contribution < 1.29 is 0 Å². The van der Waals surface area contributed by atoms with Gasteiger partial charge in [-0.1, -0.05) is 12.1 Å². The van der Waals surface area contributed by atoms with Crippen LogP contribution < -0.4 is 10.2 Å². The summed E-state index contributed by atoms with van der Waals surface area (Å²) < 4.78 is 1.96. The van der Waals surface area contributed by atoms with Gasteiger partial charge in [-0.05, 0) is 24.6 Å². The van der Waals surface area contributed by atoms with Gasteiger partial charge < -0.3 is 14.8 Å². The van der Waals surface area contributed by atoms with E-state index in [4.69, 9.17) is 0 Å². The molecule has 108 valence electrons. The lowest BCUT2D eigenvalue weighted by atomic mass is 10.1. The van der Waals surface area contributed by atoms with Gasteiger partial charge >= 0.3 is 0 Å². The second-order valence-electron chi connectivity index (χ2n) is 5.27. The molecule has 0 bridgehead atoms. The van der Waals surface area contributed by atoms with Crippen LogP contribution in [-0.4, -0.2) is 35.4 Å². The molecule has 0 saturated carbocycles. The minimum Gasteiger partial charge on any atom is -0.378 e. The van der Waals surface area contributed by atoms with E-state index in [0.29, 0.717) is 6.04 Å². The maximum absolute atomic E-state index is 4.08. The molecule has 0 aliphatic rings. The van der Waals surface area contributed by atoms with Crippen LogP contribution in [0.25, 0.3) is 0 Å². The molecular formula is C15H23N5. The van der Waals surface area contributed by atoms with E-state index in [9.17, 15) is 0 Å². The normalized spacial score (nSPS) is 12.4. The average Bonchev–Trinajstić information content (AvgIpc) is 2.84. The molecule has 1 atom stereocenters. The van der Waals surface area contributed by atoms with E-state index >= 15 is 0 Å². The topological polar surface area (TPSA) is 46.0 Å². The summed E-state index contributed by atoms with van der Waals surface area (Å²) in [7, 11) is 6.08. The summed E-state index contributed by atoms with van der Waals surface area (Å²) in [5, 5.41) is 11.5. The molecule has 5 nitrogen and oxygen atoms in total. The summed E-state index contributed by atoms with van der Waals surface area (Å²) in [6.07, 6.45) is 2.62. The Morgan fingerprint density at radius 2 is 1.95 bits per heavy atom. The molecule has 1 heterocycles. The van der Waals surface area contributed by atoms with Crippen LogP contribution in [0.4, 0.5) is 5.69 Å². The third-order valence-corrected chi connectivity index (χ3v) is 3.51. The molecule has 0 aliphatic carbocycles. The highest BCUT2D eigenvalue weighted by Gasteiger charge is 2.06. The third kappa shape index (κ3) is 3.57. The molecule has 20 heavy (non-hydrogen) atoms. The van der Waals surface area contributed by atoms with E-state index in [-0.39, 0.29) is 0 Å². The van der Waals surface area contributed by atoms with Crippen LogP contribution >= 0.6 is 0 Å². The highest BCUT2D eigenvalue weighted by Crippen LogP contribution is 2.17. The minimum atomic E-state index is 0.333. The van der Waals surface area contributed by atoms with Crippen molar-refractivity contribution in [2.24, 2.45) is 7.05 Å². The van der Waals surface area contributed by atoms with Crippen LogP contribution in [0.2, 0.25) is 0 Å². The molecule has 0 aliphatic heterocycles. The summed E-state index contributed by atoms with van der Waals surface area (Å²) >= 11 is 0. The van der Waals surface area contributed by atoms with E-state index in [2.05, 4.69) is 65.7 Å². The fraction of sp³-hybridized carbons (Fsp3) is 0.467. The van der Waals surface area contributed by atoms with Crippen LogP contribution in [0.3, 0.4) is 0 Å². The number of hydrogen-bond acceptors (Lipinski definition) is 4. The monoisotopic (exact) mass is 273 g/mol. The Morgan fingerprint density at radius 3 is 2.50 bits per heavy atom. The van der Waals surface area contributed by atoms with E-state index < -0.39 is 0 Å². The zero-order chi connectivity index (χ0) is 14.5. The fourth-order valence-electron chi connectivity index (χ4n) is 2.11. The Bertz CT molecular complexity index is 529. The smallest absolute Gasteiger partial charge is 0.133 e. The molecule has 2 rings (SSSR count).